The lowest BCUT2D eigenvalue weighted by molar-refractivity contribution is 0.0952. The van der Waals surface area contributed by atoms with Crippen molar-refractivity contribution in [3.63, 3.8) is 0 Å². The Hall–Kier alpha value is -1.87. The van der Waals surface area contributed by atoms with Crippen molar-refractivity contribution in [3.8, 4) is 0 Å². The number of hydrogen-bond acceptors (Lipinski definition) is 2. The summed E-state index contributed by atoms with van der Waals surface area (Å²) in [4.78, 5) is 14.6. The Kier molecular flexibility index (Phi) is 5.96. The van der Waals surface area contributed by atoms with E-state index in [1.54, 1.807) is 0 Å². The van der Waals surface area contributed by atoms with Gasteiger partial charge in [-0.15, -0.1) is 0 Å². The molecule has 2 aromatic carbocycles. The van der Waals surface area contributed by atoms with Crippen molar-refractivity contribution in [1.82, 2.24) is 10.2 Å². The van der Waals surface area contributed by atoms with Crippen LogP contribution in [0, 0.1) is 6.92 Å². The maximum absolute atomic E-state index is 12.2. The maximum Gasteiger partial charge on any atom is 0.251 e. The molecular weight excluding hydrogens is 272 g/mol. The number of fused-ring (bicyclic) bond motifs is 1. The van der Waals surface area contributed by atoms with Crippen LogP contribution < -0.4 is 5.32 Å². The quantitative estimate of drug-likeness (QED) is 0.792. The van der Waals surface area contributed by atoms with Crippen LogP contribution in [0.2, 0.25) is 0 Å². The average molecular weight is 298 g/mol. The molecule has 0 aromatic heterocycles. The number of nitrogens with zero attached hydrogens (tertiary/aromatic N) is 1. The molecule has 0 saturated heterocycles. The molecule has 0 fully saturated rings. The van der Waals surface area contributed by atoms with Gasteiger partial charge < -0.3 is 10.2 Å². The van der Waals surface area contributed by atoms with Crippen molar-refractivity contribution < 1.29 is 4.79 Å². The first-order valence-corrected chi connectivity index (χ1v) is 8.15. The summed E-state index contributed by atoms with van der Waals surface area (Å²) < 4.78 is 0. The van der Waals surface area contributed by atoms with E-state index in [9.17, 15) is 4.79 Å². The van der Waals surface area contributed by atoms with Crippen LogP contribution in [0.15, 0.2) is 36.4 Å². The smallest absolute Gasteiger partial charge is 0.251 e. The summed E-state index contributed by atoms with van der Waals surface area (Å²) >= 11 is 0. The van der Waals surface area contributed by atoms with E-state index >= 15 is 0 Å². The topological polar surface area (TPSA) is 32.3 Å². The van der Waals surface area contributed by atoms with Crippen molar-refractivity contribution in [2.75, 3.05) is 26.2 Å². The van der Waals surface area contributed by atoms with Crippen molar-refractivity contribution in [2.45, 2.75) is 27.2 Å². The Labute approximate surface area is 133 Å². The lowest BCUT2D eigenvalue weighted by atomic mass is 10.0. The van der Waals surface area contributed by atoms with E-state index in [-0.39, 0.29) is 5.91 Å². The lowest BCUT2D eigenvalue weighted by Gasteiger charge is -2.17. The molecule has 2 rings (SSSR count). The van der Waals surface area contributed by atoms with Crippen LogP contribution in [0.4, 0.5) is 0 Å². The summed E-state index contributed by atoms with van der Waals surface area (Å²) in [7, 11) is 0. The lowest BCUT2D eigenvalue weighted by Crippen LogP contribution is -2.29. The summed E-state index contributed by atoms with van der Waals surface area (Å²) in [5.41, 5.74) is 1.97. The van der Waals surface area contributed by atoms with Crippen LogP contribution in [0.25, 0.3) is 10.8 Å². The summed E-state index contributed by atoms with van der Waals surface area (Å²) in [5, 5.41) is 5.30. The highest BCUT2D eigenvalue weighted by Gasteiger charge is 2.06. The van der Waals surface area contributed by atoms with Crippen LogP contribution in [0.1, 0.15) is 36.2 Å². The molecule has 2 aromatic rings. The van der Waals surface area contributed by atoms with Crippen LogP contribution >= 0.6 is 0 Å². The monoisotopic (exact) mass is 298 g/mol. The molecule has 0 heterocycles. The highest BCUT2D eigenvalue weighted by Crippen LogP contribution is 2.17. The van der Waals surface area contributed by atoms with Gasteiger partial charge in [-0.3, -0.25) is 4.79 Å². The second kappa shape index (κ2) is 7.95. The Morgan fingerprint density at radius 2 is 1.73 bits per heavy atom. The summed E-state index contributed by atoms with van der Waals surface area (Å²) in [6.45, 7) is 10.3. The fraction of sp³-hybridized carbons (Fsp3) is 0.421. The molecule has 3 nitrogen and oxygen atoms in total. The van der Waals surface area contributed by atoms with E-state index in [1.165, 1.54) is 10.9 Å². The van der Waals surface area contributed by atoms with Crippen LogP contribution in [-0.2, 0) is 0 Å². The molecule has 22 heavy (non-hydrogen) atoms. The first kappa shape index (κ1) is 16.5. The molecular formula is C19H26N2O. The minimum Gasteiger partial charge on any atom is -0.352 e. The Morgan fingerprint density at radius 3 is 2.45 bits per heavy atom. The number of carbonyl (C=O) groups excluding carboxylic acids is 1. The molecule has 118 valence electrons. The normalized spacial score (nSPS) is 11.1. The predicted octanol–water partition coefficient (Wildman–Crippen LogP) is 3.61. The largest absolute Gasteiger partial charge is 0.352 e. The van der Waals surface area contributed by atoms with Crippen LogP contribution in [-0.4, -0.2) is 37.0 Å². The number of hydrogen-bond donors (Lipinski definition) is 1. The van der Waals surface area contributed by atoms with Crippen LogP contribution in [0.5, 0.6) is 0 Å². The molecule has 0 bridgehead atoms. The third-order valence-corrected chi connectivity index (χ3v) is 4.09. The summed E-state index contributed by atoms with van der Waals surface area (Å²) in [6, 6.07) is 12.2. The molecule has 0 saturated carbocycles. The molecule has 1 amide bonds. The Balaban J connectivity index is 1.91. The average Bonchev–Trinajstić information content (AvgIpc) is 2.54. The van der Waals surface area contributed by atoms with Gasteiger partial charge >= 0.3 is 0 Å². The fourth-order valence-electron chi connectivity index (χ4n) is 2.65. The molecule has 3 heteroatoms. The highest BCUT2D eigenvalue weighted by molar-refractivity contribution is 5.98. The zero-order chi connectivity index (χ0) is 15.9. The third kappa shape index (κ3) is 4.31. The molecule has 0 radical (unpaired) electrons. The minimum absolute atomic E-state index is 0.0158. The van der Waals surface area contributed by atoms with Crippen molar-refractivity contribution in [1.29, 1.82) is 0 Å². The minimum atomic E-state index is 0.0158. The molecule has 0 unspecified atom stereocenters. The Bertz CT molecular complexity index is 632. The zero-order valence-electron chi connectivity index (χ0n) is 13.9. The molecule has 0 atom stereocenters. The van der Waals surface area contributed by atoms with E-state index < -0.39 is 0 Å². The van der Waals surface area contributed by atoms with E-state index in [1.807, 2.05) is 18.2 Å². The number of carbonyl (C=O) groups is 1. The molecule has 0 aliphatic heterocycles. The number of benzene rings is 2. The predicted molar refractivity (Wildman–Crippen MR) is 93.4 cm³/mol. The third-order valence-electron chi connectivity index (χ3n) is 4.09. The molecule has 0 aliphatic rings. The first-order chi connectivity index (χ1) is 10.6. The van der Waals surface area contributed by atoms with E-state index in [0.717, 1.165) is 43.5 Å². The maximum atomic E-state index is 12.2. The van der Waals surface area contributed by atoms with Gasteiger partial charge in [-0.25, -0.2) is 0 Å². The summed E-state index contributed by atoms with van der Waals surface area (Å²) in [6.07, 6.45) is 0.986. The van der Waals surface area contributed by atoms with Crippen molar-refractivity contribution >= 4 is 16.7 Å². The van der Waals surface area contributed by atoms with Gasteiger partial charge in [-0.1, -0.05) is 43.7 Å². The Morgan fingerprint density at radius 1 is 1.05 bits per heavy atom. The van der Waals surface area contributed by atoms with Gasteiger partial charge in [0.1, 0.15) is 0 Å². The van der Waals surface area contributed by atoms with Gasteiger partial charge in [0.05, 0.1) is 0 Å². The van der Waals surface area contributed by atoms with Gasteiger partial charge in [0, 0.05) is 12.1 Å². The number of amides is 1. The SMILES string of the molecule is CCN(CC)CCCNC(=O)c1ccc2cc(C)ccc2c1. The summed E-state index contributed by atoms with van der Waals surface area (Å²) in [5.74, 6) is 0.0158. The van der Waals surface area contributed by atoms with Gasteiger partial charge in [0.2, 0.25) is 0 Å². The first-order valence-electron chi connectivity index (χ1n) is 8.15. The fourth-order valence-corrected chi connectivity index (χ4v) is 2.65. The highest BCUT2D eigenvalue weighted by atomic mass is 16.1. The van der Waals surface area contributed by atoms with E-state index in [4.69, 9.17) is 0 Å². The number of nitrogens with one attached hydrogen (secondary N) is 1. The molecule has 0 aliphatic carbocycles. The zero-order valence-corrected chi connectivity index (χ0v) is 13.9. The number of aryl methyl sites for hydroxylation is 1. The standard InChI is InChI=1S/C19H26N2O/c1-4-21(5-2)12-6-11-20-19(22)18-10-9-16-13-15(3)7-8-17(16)14-18/h7-10,13-14H,4-6,11-12H2,1-3H3,(H,20,22). The van der Waals surface area contributed by atoms with Crippen molar-refractivity contribution in [3.05, 3.63) is 47.5 Å². The van der Waals surface area contributed by atoms with Gasteiger partial charge in [0.25, 0.3) is 5.91 Å². The molecule has 0 spiro atoms. The van der Waals surface area contributed by atoms with E-state index in [0.29, 0.717) is 0 Å². The molecule has 1 N–H and O–H groups in total. The van der Waals surface area contributed by atoms with E-state index in [2.05, 4.69) is 49.2 Å². The van der Waals surface area contributed by atoms with Crippen LogP contribution in [0.3, 0.4) is 0 Å². The van der Waals surface area contributed by atoms with Gasteiger partial charge in [-0.2, -0.15) is 0 Å². The number of rotatable bonds is 7. The second-order valence-corrected chi connectivity index (χ2v) is 5.70. The van der Waals surface area contributed by atoms with Gasteiger partial charge in [-0.05, 0) is 55.9 Å². The second-order valence-electron chi connectivity index (χ2n) is 5.70. The van der Waals surface area contributed by atoms with Gasteiger partial charge in [0.15, 0.2) is 0 Å². The van der Waals surface area contributed by atoms with Crippen molar-refractivity contribution in [2.24, 2.45) is 0 Å².